The number of methoxy groups -OCH3 is 1. The summed E-state index contributed by atoms with van der Waals surface area (Å²) in [4.78, 5) is 50.9. The minimum absolute atomic E-state index is 0.00847. The number of benzene rings is 1. The fourth-order valence-electron chi connectivity index (χ4n) is 5.04. The van der Waals surface area contributed by atoms with Gasteiger partial charge in [-0.3, -0.25) is 23.5 Å². The molecule has 3 unspecified atom stereocenters. The minimum Gasteiger partial charge on any atom is -0.497 e. The predicted molar refractivity (Wildman–Crippen MR) is 180 cm³/mol. The first-order valence-corrected chi connectivity index (χ1v) is 18.9. The highest BCUT2D eigenvalue weighted by Crippen LogP contribution is 2.42. The van der Waals surface area contributed by atoms with Gasteiger partial charge in [-0.15, -0.1) is 0 Å². The summed E-state index contributed by atoms with van der Waals surface area (Å²) in [6.07, 6.45) is -3.68. The number of rotatable bonds is 16. The summed E-state index contributed by atoms with van der Waals surface area (Å²) >= 11 is 0. The largest absolute Gasteiger partial charge is 0.497 e. The number of carboxylic acids is 1. The van der Waals surface area contributed by atoms with E-state index in [1.54, 1.807) is 31.4 Å². The van der Waals surface area contributed by atoms with E-state index in [0.717, 1.165) is 4.57 Å². The average molecular weight is 694 g/mol. The highest BCUT2D eigenvalue weighted by atomic mass is 28.4. The Hall–Kier alpha value is -3.38. The normalized spacial score (nSPS) is 20.9. The number of ether oxygens (including phenoxy) is 2. The van der Waals surface area contributed by atoms with E-state index in [9.17, 15) is 34.5 Å². The number of nitrogens with two attached hydrogens (primary N) is 1. The van der Waals surface area contributed by atoms with E-state index >= 15 is 0 Å². The summed E-state index contributed by atoms with van der Waals surface area (Å²) in [6, 6.07) is 5.69. The second-order valence-corrected chi connectivity index (χ2v) is 18.4. The number of hydrogen-bond donors (Lipinski definition) is 6. The van der Waals surface area contributed by atoms with Crippen LogP contribution in [0.1, 0.15) is 52.3 Å². The molecule has 16 heteroatoms. The Labute approximate surface area is 281 Å². The molecule has 3 rings (SSSR count). The summed E-state index contributed by atoms with van der Waals surface area (Å²) in [5.74, 6) is -1.23. The molecule has 15 nitrogen and oxygen atoms in total. The standard InChI is InChI=1S/C32H51N5O10Si/c1-19(38)25(33)28(41)35-15-8-14-34-26(30(42)43)27(40)22-17-23(47-48(6,7)32(2,3)4)29(46-22)36-16-13-24(39)37(31(36)44)18-20-9-11-21(45-5)12-10-20/h9-13,16,19,22-23,25-27,29,34,38,40H,8,14-15,17-18,33H2,1-7H3,(H,35,41)(H,42,43)/t19?,22?,23-,25?,26+,27-,29-/m1/s1. The third-order valence-electron chi connectivity index (χ3n) is 9.05. The fourth-order valence-corrected chi connectivity index (χ4v) is 6.36. The van der Waals surface area contributed by atoms with Crippen LogP contribution in [0.4, 0.5) is 0 Å². The number of aliphatic carboxylic acids is 1. The second-order valence-electron chi connectivity index (χ2n) is 13.7. The zero-order chi connectivity index (χ0) is 36.0. The molecule has 7 N–H and O–H groups in total. The van der Waals surface area contributed by atoms with Crippen LogP contribution in [0, 0.1) is 0 Å². The van der Waals surface area contributed by atoms with Gasteiger partial charge >= 0.3 is 11.7 Å². The van der Waals surface area contributed by atoms with E-state index < -0.39 is 74.2 Å². The predicted octanol–water partition coefficient (Wildman–Crippen LogP) is 0.363. The lowest BCUT2D eigenvalue weighted by Crippen LogP contribution is -2.52. The van der Waals surface area contributed by atoms with E-state index in [4.69, 9.17) is 19.6 Å². The van der Waals surface area contributed by atoms with Crippen molar-refractivity contribution in [3.63, 3.8) is 0 Å². The number of carboxylic acid groups (broad SMARTS) is 1. The number of amides is 1. The molecule has 268 valence electrons. The minimum atomic E-state index is -2.47. The molecule has 0 bridgehead atoms. The quantitative estimate of drug-likeness (QED) is 0.104. The van der Waals surface area contributed by atoms with Crippen molar-refractivity contribution >= 4 is 20.2 Å². The van der Waals surface area contributed by atoms with Gasteiger partial charge in [-0.2, -0.15) is 0 Å². The number of carbonyl (C=O) groups is 2. The number of aromatic nitrogens is 2. The second kappa shape index (κ2) is 16.3. The molecule has 1 saturated heterocycles. The molecule has 0 aliphatic carbocycles. The number of aliphatic hydroxyl groups is 2. The van der Waals surface area contributed by atoms with Crippen LogP contribution in [-0.2, 0) is 25.3 Å². The summed E-state index contributed by atoms with van der Waals surface area (Å²) in [6.45, 7) is 11.9. The van der Waals surface area contributed by atoms with Crippen LogP contribution >= 0.6 is 0 Å². The van der Waals surface area contributed by atoms with Gasteiger partial charge < -0.3 is 45.6 Å². The zero-order valence-electron chi connectivity index (χ0n) is 28.7. The van der Waals surface area contributed by atoms with Crippen LogP contribution in [-0.4, -0.2) is 101 Å². The molecule has 1 aromatic heterocycles. The van der Waals surface area contributed by atoms with E-state index in [1.807, 2.05) is 13.1 Å². The van der Waals surface area contributed by atoms with E-state index in [1.165, 1.54) is 23.8 Å². The Morgan fingerprint density at radius 2 is 1.77 bits per heavy atom. The van der Waals surface area contributed by atoms with Crippen molar-refractivity contribution in [2.45, 2.75) is 108 Å². The Kier molecular flexibility index (Phi) is 13.3. The molecule has 0 saturated carbocycles. The molecule has 1 aliphatic rings. The molecule has 0 radical (unpaired) electrons. The van der Waals surface area contributed by atoms with E-state index in [-0.39, 0.29) is 31.1 Å². The SMILES string of the molecule is COc1ccc(Cn2c(=O)ccn([C@@H]3OC([C@@H](O)[C@H](NCCCNC(=O)C(N)C(C)O)C(=O)O)C[C@H]3O[Si](C)(C)C(C)(C)C)c2=O)cc1. The van der Waals surface area contributed by atoms with Gasteiger partial charge in [0.05, 0.1) is 32.0 Å². The first kappa shape index (κ1) is 39.1. The van der Waals surface area contributed by atoms with E-state index in [0.29, 0.717) is 17.7 Å². The van der Waals surface area contributed by atoms with Gasteiger partial charge in [-0.25, -0.2) is 4.79 Å². The number of nitrogens with zero attached hydrogens (tertiary/aromatic N) is 2. The van der Waals surface area contributed by atoms with Crippen LogP contribution < -0.4 is 32.4 Å². The third kappa shape index (κ3) is 9.61. The molecule has 1 aromatic carbocycles. The number of hydrogen-bond acceptors (Lipinski definition) is 11. The van der Waals surface area contributed by atoms with Crippen molar-refractivity contribution < 1.29 is 38.8 Å². The molecule has 2 aromatic rings. The summed E-state index contributed by atoms with van der Waals surface area (Å²) in [7, 11) is -0.933. The highest BCUT2D eigenvalue weighted by Gasteiger charge is 2.49. The number of carbonyl (C=O) groups excluding carboxylic acids is 1. The Morgan fingerprint density at radius 3 is 2.33 bits per heavy atom. The van der Waals surface area contributed by atoms with Crippen LogP contribution in [0.15, 0.2) is 46.1 Å². The molecular weight excluding hydrogens is 642 g/mol. The van der Waals surface area contributed by atoms with Gasteiger partial charge in [0.1, 0.15) is 23.9 Å². The smallest absolute Gasteiger partial charge is 0.333 e. The van der Waals surface area contributed by atoms with Crippen LogP contribution in [0.5, 0.6) is 5.75 Å². The van der Waals surface area contributed by atoms with Gasteiger partial charge in [0.2, 0.25) is 5.91 Å². The molecule has 2 heterocycles. The van der Waals surface area contributed by atoms with Gasteiger partial charge in [-0.05, 0) is 55.7 Å². The van der Waals surface area contributed by atoms with Crippen LogP contribution in [0.2, 0.25) is 18.1 Å². The third-order valence-corrected chi connectivity index (χ3v) is 13.6. The Bertz CT molecular complexity index is 1500. The first-order valence-electron chi connectivity index (χ1n) is 16.0. The first-order chi connectivity index (χ1) is 22.4. The average Bonchev–Trinajstić information content (AvgIpc) is 3.42. The number of nitrogens with one attached hydrogen (secondary N) is 2. The maximum absolute atomic E-state index is 13.8. The van der Waals surface area contributed by atoms with Crippen molar-refractivity contribution in [1.29, 1.82) is 0 Å². The monoisotopic (exact) mass is 693 g/mol. The lowest BCUT2D eigenvalue weighted by Gasteiger charge is -2.39. The van der Waals surface area contributed by atoms with Gasteiger partial charge in [0.25, 0.3) is 5.56 Å². The molecular formula is C32H51N5O10Si. The van der Waals surface area contributed by atoms with Crippen LogP contribution in [0.3, 0.4) is 0 Å². The summed E-state index contributed by atoms with van der Waals surface area (Å²) in [5.41, 5.74) is 5.16. The maximum Gasteiger partial charge on any atom is 0.333 e. The van der Waals surface area contributed by atoms with Crippen LogP contribution in [0.25, 0.3) is 0 Å². The zero-order valence-corrected chi connectivity index (χ0v) is 29.7. The van der Waals surface area contributed by atoms with Crippen molar-refractivity contribution in [3.8, 4) is 5.75 Å². The summed E-state index contributed by atoms with van der Waals surface area (Å²) < 4.78 is 20.5. The van der Waals surface area contributed by atoms with Crippen molar-refractivity contribution in [3.05, 3.63) is 62.9 Å². The molecule has 1 fully saturated rings. The van der Waals surface area contributed by atoms with Gasteiger partial charge in [0, 0.05) is 25.2 Å². The maximum atomic E-state index is 13.8. The van der Waals surface area contributed by atoms with E-state index in [2.05, 4.69) is 31.4 Å². The molecule has 48 heavy (non-hydrogen) atoms. The van der Waals surface area contributed by atoms with Crippen molar-refractivity contribution in [2.75, 3.05) is 20.2 Å². The molecule has 1 aliphatic heterocycles. The number of aliphatic hydroxyl groups excluding tert-OH is 2. The molecule has 7 atom stereocenters. The van der Waals surface area contributed by atoms with Crippen molar-refractivity contribution in [1.82, 2.24) is 19.8 Å². The molecule has 0 spiro atoms. The topological polar surface area (TPSA) is 217 Å². The lowest BCUT2D eigenvalue weighted by atomic mass is 10.0. The Morgan fingerprint density at radius 1 is 1.12 bits per heavy atom. The molecule has 1 amide bonds. The van der Waals surface area contributed by atoms with Crippen molar-refractivity contribution in [2.24, 2.45) is 5.73 Å². The van der Waals surface area contributed by atoms with Gasteiger partial charge in [-0.1, -0.05) is 32.9 Å². The highest BCUT2D eigenvalue weighted by molar-refractivity contribution is 6.74. The lowest BCUT2D eigenvalue weighted by molar-refractivity contribution is -0.147. The fraction of sp³-hybridized carbons (Fsp3) is 0.625. The van der Waals surface area contributed by atoms with Gasteiger partial charge in [0.15, 0.2) is 14.5 Å². The Balaban J connectivity index is 1.85. The summed E-state index contributed by atoms with van der Waals surface area (Å²) in [5, 5.41) is 36.0.